The molecule has 2 atom stereocenters. The van der Waals surface area contributed by atoms with Gasteiger partial charge in [-0.25, -0.2) is 0 Å². The van der Waals surface area contributed by atoms with Crippen LogP contribution in [0.3, 0.4) is 0 Å². The Hall–Kier alpha value is -4.83. The monoisotopic (exact) mass is 638 g/mol. The van der Waals surface area contributed by atoms with Crippen molar-refractivity contribution in [1.82, 2.24) is 9.80 Å². The molecule has 0 aliphatic carbocycles. The molecule has 5 rings (SSSR count). The molecule has 3 aromatic carbocycles. The lowest BCUT2D eigenvalue weighted by Crippen LogP contribution is -2.44. The lowest BCUT2D eigenvalue weighted by atomic mass is 9.68. The average molecular weight is 639 g/mol. The average Bonchev–Trinajstić information content (AvgIpc) is 3.10. The zero-order chi connectivity index (χ0) is 33.6. The van der Waals surface area contributed by atoms with Crippen LogP contribution in [0.2, 0.25) is 0 Å². The number of esters is 1. The molecule has 0 bridgehead atoms. The van der Waals surface area contributed by atoms with Crippen molar-refractivity contribution in [2.24, 2.45) is 10.9 Å². The molecule has 0 saturated carbocycles. The number of nitro benzene ring substituents is 1. The highest BCUT2D eigenvalue weighted by Gasteiger charge is 2.42. The number of ether oxygens (including phenoxy) is 2. The number of likely N-dealkylation sites (tertiary alicyclic amines) is 1. The molecule has 0 aromatic heterocycles. The van der Waals surface area contributed by atoms with E-state index in [1.54, 1.807) is 24.0 Å². The van der Waals surface area contributed by atoms with Crippen LogP contribution in [0.25, 0.3) is 0 Å². The highest BCUT2D eigenvalue weighted by molar-refractivity contribution is 6.03. The minimum absolute atomic E-state index is 0.0460. The lowest BCUT2D eigenvalue weighted by Gasteiger charge is -2.43. The SMILES string of the molecule is COC(=O)C1C(C)=NC(C)=C(N(C=O)CCCN2CCC(c3ccccc3)(c3ccccc3)CC2)C1c1ccc([N+](=O)[O-])c(OC)c1. The largest absolute Gasteiger partial charge is 0.490 e. The number of allylic oxidation sites excluding steroid dienone is 2. The predicted molar refractivity (Wildman–Crippen MR) is 180 cm³/mol. The van der Waals surface area contributed by atoms with Crippen molar-refractivity contribution in [2.45, 2.75) is 44.4 Å². The first-order chi connectivity index (χ1) is 22.7. The van der Waals surface area contributed by atoms with Crippen molar-refractivity contribution < 1.29 is 24.0 Å². The van der Waals surface area contributed by atoms with E-state index < -0.39 is 22.7 Å². The van der Waals surface area contributed by atoms with Crippen molar-refractivity contribution in [3.05, 3.63) is 117 Å². The van der Waals surface area contributed by atoms with Gasteiger partial charge in [0, 0.05) is 29.7 Å². The summed E-state index contributed by atoms with van der Waals surface area (Å²) in [6.45, 7) is 6.63. The van der Waals surface area contributed by atoms with E-state index in [9.17, 15) is 19.7 Å². The molecule has 2 heterocycles. The number of amides is 1. The Bertz CT molecular complexity index is 1610. The summed E-state index contributed by atoms with van der Waals surface area (Å²) in [7, 11) is 2.68. The molecule has 2 unspecified atom stereocenters. The molecule has 0 radical (unpaired) electrons. The maximum absolute atomic E-state index is 13.2. The first kappa shape index (κ1) is 33.5. The Labute approximate surface area is 275 Å². The van der Waals surface area contributed by atoms with Crippen molar-refractivity contribution >= 4 is 23.8 Å². The Balaban J connectivity index is 1.35. The van der Waals surface area contributed by atoms with Gasteiger partial charge in [0.25, 0.3) is 0 Å². The fourth-order valence-electron chi connectivity index (χ4n) is 7.34. The molecular formula is C37H42N4O6. The Morgan fingerprint density at radius 2 is 1.64 bits per heavy atom. The molecule has 10 nitrogen and oxygen atoms in total. The van der Waals surface area contributed by atoms with Gasteiger partial charge in [0.1, 0.15) is 5.92 Å². The van der Waals surface area contributed by atoms with Crippen LogP contribution in [-0.4, -0.2) is 73.2 Å². The van der Waals surface area contributed by atoms with Gasteiger partial charge in [0.05, 0.1) is 30.5 Å². The zero-order valence-corrected chi connectivity index (χ0v) is 27.4. The summed E-state index contributed by atoms with van der Waals surface area (Å²) in [5.74, 6) is -1.91. The van der Waals surface area contributed by atoms with Gasteiger partial charge >= 0.3 is 11.7 Å². The third-order valence-corrected chi connectivity index (χ3v) is 9.68. The van der Waals surface area contributed by atoms with Crippen LogP contribution in [0.4, 0.5) is 5.69 Å². The summed E-state index contributed by atoms with van der Waals surface area (Å²) in [5, 5.41) is 11.6. The second-order valence-electron chi connectivity index (χ2n) is 12.2. The zero-order valence-electron chi connectivity index (χ0n) is 27.4. The number of nitrogens with zero attached hydrogens (tertiary/aromatic N) is 4. The van der Waals surface area contributed by atoms with E-state index in [0.29, 0.717) is 35.6 Å². The van der Waals surface area contributed by atoms with Crippen LogP contribution in [0.5, 0.6) is 5.75 Å². The molecule has 0 N–H and O–H groups in total. The van der Waals surface area contributed by atoms with Gasteiger partial charge in [-0.3, -0.25) is 24.7 Å². The van der Waals surface area contributed by atoms with Gasteiger partial charge in [0.2, 0.25) is 6.41 Å². The topological polar surface area (TPSA) is 115 Å². The van der Waals surface area contributed by atoms with Crippen molar-refractivity contribution in [3.8, 4) is 5.75 Å². The second-order valence-corrected chi connectivity index (χ2v) is 12.2. The predicted octanol–water partition coefficient (Wildman–Crippen LogP) is 6.11. The van der Waals surface area contributed by atoms with Gasteiger partial charge < -0.3 is 19.3 Å². The van der Waals surface area contributed by atoms with E-state index in [1.807, 2.05) is 6.92 Å². The van der Waals surface area contributed by atoms with E-state index in [4.69, 9.17) is 9.47 Å². The van der Waals surface area contributed by atoms with E-state index in [0.717, 1.165) is 38.9 Å². The number of hydrogen-bond acceptors (Lipinski definition) is 8. The molecule has 0 spiro atoms. The lowest BCUT2D eigenvalue weighted by molar-refractivity contribution is -0.385. The maximum atomic E-state index is 13.2. The van der Waals surface area contributed by atoms with Crippen LogP contribution in [0.1, 0.15) is 55.7 Å². The number of carbonyl (C=O) groups is 2. The summed E-state index contributed by atoms with van der Waals surface area (Å²) in [6, 6.07) is 26.0. The fraction of sp³-hybridized carbons (Fsp3) is 0.378. The van der Waals surface area contributed by atoms with Crippen LogP contribution in [0.15, 0.2) is 95.2 Å². The first-order valence-corrected chi connectivity index (χ1v) is 16.0. The van der Waals surface area contributed by atoms with E-state index in [-0.39, 0.29) is 16.9 Å². The van der Waals surface area contributed by atoms with E-state index in [1.165, 1.54) is 31.4 Å². The smallest absolute Gasteiger partial charge is 0.315 e. The Morgan fingerprint density at radius 3 is 2.17 bits per heavy atom. The summed E-state index contributed by atoms with van der Waals surface area (Å²) in [4.78, 5) is 45.7. The molecule has 47 heavy (non-hydrogen) atoms. The number of hydrogen-bond donors (Lipinski definition) is 0. The van der Waals surface area contributed by atoms with Gasteiger partial charge in [-0.2, -0.15) is 0 Å². The number of piperidine rings is 1. The number of aliphatic imine (C=N–C) groups is 1. The molecule has 10 heteroatoms. The molecule has 1 fully saturated rings. The maximum Gasteiger partial charge on any atom is 0.315 e. The summed E-state index contributed by atoms with van der Waals surface area (Å²) >= 11 is 0. The highest BCUT2D eigenvalue weighted by atomic mass is 16.6. The summed E-state index contributed by atoms with van der Waals surface area (Å²) in [5.41, 5.74) is 4.74. The molecule has 246 valence electrons. The highest BCUT2D eigenvalue weighted by Crippen LogP contribution is 2.44. The van der Waals surface area contributed by atoms with Crippen LogP contribution in [-0.2, 0) is 19.7 Å². The van der Waals surface area contributed by atoms with Crippen molar-refractivity contribution in [1.29, 1.82) is 0 Å². The number of methoxy groups -OCH3 is 2. The van der Waals surface area contributed by atoms with Crippen LogP contribution in [0, 0.1) is 16.0 Å². The number of nitro groups is 1. The molecule has 2 aliphatic heterocycles. The molecular weight excluding hydrogens is 596 g/mol. The molecule has 1 amide bonds. The minimum Gasteiger partial charge on any atom is -0.490 e. The van der Waals surface area contributed by atoms with Gasteiger partial charge in [0.15, 0.2) is 5.75 Å². The van der Waals surface area contributed by atoms with Crippen LogP contribution >= 0.6 is 0 Å². The van der Waals surface area contributed by atoms with Crippen LogP contribution < -0.4 is 4.74 Å². The minimum atomic E-state index is -0.821. The van der Waals surface area contributed by atoms with E-state index >= 15 is 0 Å². The van der Waals surface area contributed by atoms with Gasteiger partial charge in [-0.05, 0) is 75.5 Å². The third kappa shape index (κ3) is 6.83. The number of carbonyl (C=O) groups excluding carboxylic acids is 2. The Kier molecular flexibility index (Phi) is 10.5. The van der Waals surface area contributed by atoms with Crippen molar-refractivity contribution in [3.63, 3.8) is 0 Å². The first-order valence-electron chi connectivity index (χ1n) is 16.0. The fourth-order valence-corrected chi connectivity index (χ4v) is 7.34. The quantitative estimate of drug-likeness (QED) is 0.102. The number of rotatable bonds is 12. The van der Waals surface area contributed by atoms with Gasteiger partial charge in [-0.15, -0.1) is 0 Å². The Morgan fingerprint density at radius 1 is 1.02 bits per heavy atom. The molecule has 3 aromatic rings. The van der Waals surface area contributed by atoms with Crippen molar-refractivity contribution in [2.75, 3.05) is 40.4 Å². The number of benzene rings is 3. The molecule has 1 saturated heterocycles. The second kappa shape index (κ2) is 14.7. The summed E-state index contributed by atoms with van der Waals surface area (Å²) in [6.07, 6.45) is 3.47. The summed E-state index contributed by atoms with van der Waals surface area (Å²) < 4.78 is 10.5. The third-order valence-electron chi connectivity index (χ3n) is 9.68. The standard InChI is InChI=1S/C37H42N4O6/c1-26-33(36(43)47-4)34(28-16-17-31(41(44)45)32(24-28)46-3)35(27(2)38-26)40(25-42)21-11-20-39-22-18-37(19-23-39,29-12-7-5-8-13-29)30-14-9-6-10-15-30/h5-10,12-17,24-25,33-34H,11,18-23H2,1-4H3. The molecule has 2 aliphatic rings. The normalized spacial score (nSPS) is 19.4. The van der Waals surface area contributed by atoms with Gasteiger partial charge in [-0.1, -0.05) is 66.7 Å². The van der Waals surface area contributed by atoms with E-state index in [2.05, 4.69) is 70.6 Å².